The van der Waals surface area contributed by atoms with Crippen molar-refractivity contribution in [1.82, 2.24) is 10.3 Å². The lowest BCUT2D eigenvalue weighted by molar-refractivity contribution is 0.250. The molecular weight excluding hydrogens is 306 g/mol. The number of anilines is 1. The quantitative estimate of drug-likeness (QED) is 0.859. The van der Waals surface area contributed by atoms with E-state index in [9.17, 15) is 4.79 Å². The first-order valence-electron chi connectivity index (χ1n) is 8.16. The number of carbonyl (C=O) groups is 1. The summed E-state index contributed by atoms with van der Waals surface area (Å²) in [6.45, 7) is 3.89. The van der Waals surface area contributed by atoms with Crippen LogP contribution in [0.2, 0.25) is 0 Å². The van der Waals surface area contributed by atoms with Gasteiger partial charge in [0.25, 0.3) is 0 Å². The number of fused-ring (bicyclic) bond motifs is 3. The Morgan fingerprint density at radius 2 is 2.30 bits per heavy atom. The molecule has 5 heteroatoms. The molecule has 2 atom stereocenters. The third-order valence-corrected chi connectivity index (χ3v) is 5.77. The van der Waals surface area contributed by atoms with E-state index in [1.165, 1.54) is 17.5 Å². The van der Waals surface area contributed by atoms with Gasteiger partial charge in [-0.15, -0.1) is 5.92 Å². The molecule has 2 aromatic rings. The Morgan fingerprint density at radius 3 is 3.09 bits per heavy atom. The number of hydrogen-bond donors (Lipinski definition) is 1. The van der Waals surface area contributed by atoms with Gasteiger partial charge in [-0.3, -0.25) is 4.90 Å². The Bertz CT molecular complexity index is 845. The number of thiazole rings is 1. The van der Waals surface area contributed by atoms with Crippen molar-refractivity contribution in [2.24, 2.45) is 0 Å². The molecule has 2 amide bonds. The molecule has 1 aliphatic carbocycles. The molecule has 1 aromatic carbocycles. The summed E-state index contributed by atoms with van der Waals surface area (Å²) < 4.78 is 1.16. The van der Waals surface area contributed by atoms with Crippen molar-refractivity contribution in [2.45, 2.75) is 51.6 Å². The molecule has 1 N–H and O–H groups in total. The zero-order valence-corrected chi connectivity index (χ0v) is 14.2. The fourth-order valence-corrected chi connectivity index (χ4v) is 4.64. The van der Waals surface area contributed by atoms with E-state index in [4.69, 9.17) is 4.98 Å². The summed E-state index contributed by atoms with van der Waals surface area (Å²) in [5.41, 5.74) is 3.86. The van der Waals surface area contributed by atoms with Gasteiger partial charge in [0.15, 0.2) is 5.13 Å². The van der Waals surface area contributed by atoms with Gasteiger partial charge in [0.2, 0.25) is 0 Å². The maximum Gasteiger partial charge on any atom is 0.325 e. The molecule has 23 heavy (non-hydrogen) atoms. The summed E-state index contributed by atoms with van der Waals surface area (Å²) in [5.74, 6) is 6.14. The number of rotatable bonds is 2. The zero-order valence-electron chi connectivity index (χ0n) is 13.3. The molecule has 2 aliphatic rings. The normalized spacial score (nSPS) is 22.9. The van der Waals surface area contributed by atoms with E-state index in [-0.39, 0.29) is 18.1 Å². The first-order chi connectivity index (χ1) is 11.2. The van der Waals surface area contributed by atoms with Crippen molar-refractivity contribution >= 4 is 32.7 Å². The first-order valence-corrected chi connectivity index (χ1v) is 8.98. The Hall–Kier alpha value is -2.06. The predicted molar refractivity (Wildman–Crippen MR) is 94.0 cm³/mol. The summed E-state index contributed by atoms with van der Waals surface area (Å²) in [5, 5.41) is 3.80. The lowest BCUT2D eigenvalue weighted by Gasteiger charge is -2.18. The highest BCUT2D eigenvalue weighted by molar-refractivity contribution is 7.22. The van der Waals surface area contributed by atoms with Crippen molar-refractivity contribution in [3.8, 4) is 11.8 Å². The van der Waals surface area contributed by atoms with Crippen LogP contribution >= 0.6 is 11.3 Å². The molecule has 4 nitrogen and oxygen atoms in total. The number of benzene rings is 1. The van der Waals surface area contributed by atoms with Gasteiger partial charge in [-0.2, -0.15) is 0 Å². The van der Waals surface area contributed by atoms with Gasteiger partial charge >= 0.3 is 6.03 Å². The largest absolute Gasteiger partial charge is 0.332 e. The van der Waals surface area contributed by atoms with Crippen LogP contribution < -0.4 is 10.2 Å². The lowest BCUT2D eigenvalue weighted by atomic mass is 10.1. The molecule has 1 fully saturated rings. The van der Waals surface area contributed by atoms with Crippen LogP contribution in [0.5, 0.6) is 0 Å². The van der Waals surface area contributed by atoms with Crippen LogP contribution in [0, 0.1) is 11.8 Å². The summed E-state index contributed by atoms with van der Waals surface area (Å²) in [6.07, 6.45) is 4.30. The Kier molecular flexibility index (Phi) is 3.50. The van der Waals surface area contributed by atoms with Crippen molar-refractivity contribution in [1.29, 1.82) is 0 Å². The minimum absolute atomic E-state index is 0.0627. The minimum Gasteiger partial charge on any atom is -0.332 e. The van der Waals surface area contributed by atoms with Gasteiger partial charge in [-0.1, -0.05) is 30.2 Å². The molecule has 1 saturated heterocycles. The number of nitrogens with zero attached hydrogens (tertiary/aromatic N) is 2. The molecule has 1 aliphatic heterocycles. The van der Waals surface area contributed by atoms with Crippen LogP contribution in [0.4, 0.5) is 9.93 Å². The van der Waals surface area contributed by atoms with Crippen LogP contribution in [0.25, 0.3) is 10.2 Å². The van der Waals surface area contributed by atoms with Crippen LogP contribution in [0.15, 0.2) is 12.1 Å². The minimum atomic E-state index is -0.133. The molecular formula is C18H19N3OS. The molecule has 1 unspecified atom stereocenters. The summed E-state index contributed by atoms with van der Waals surface area (Å²) >= 11 is 1.59. The molecule has 4 rings (SSSR count). The second kappa shape index (κ2) is 5.54. The van der Waals surface area contributed by atoms with Crippen LogP contribution in [0.3, 0.4) is 0 Å². The second-order valence-electron chi connectivity index (χ2n) is 6.07. The van der Waals surface area contributed by atoms with E-state index in [0.717, 1.165) is 34.6 Å². The van der Waals surface area contributed by atoms with Gasteiger partial charge in [-0.25, -0.2) is 9.78 Å². The van der Waals surface area contributed by atoms with Crippen LogP contribution in [-0.4, -0.2) is 23.1 Å². The van der Waals surface area contributed by atoms with Gasteiger partial charge in [0, 0.05) is 0 Å². The van der Waals surface area contributed by atoms with E-state index < -0.39 is 0 Å². The standard InChI is InChI=1S/C18H19N3OS/c1-3-6-14-13(4-2)19-17(22)21(14)18-20-16-12-8-5-7-11(12)9-10-15(16)23-18/h9-10,13-14H,4-5,7-8H2,1-2H3,(H,19,22)/t13?,14-/m1/s1. The number of carbonyl (C=O) groups excluding carboxylic acids is 1. The molecule has 0 bridgehead atoms. The number of nitrogens with one attached hydrogen (secondary N) is 1. The average Bonchev–Trinajstić information content (AvgIpc) is 3.22. The smallest absolute Gasteiger partial charge is 0.325 e. The highest BCUT2D eigenvalue weighted by Gasteiger charge is 2.40. The maximum absolute atomic E-state index is 12.5. The second-order valence-corrected chi connectivity index (χ2v) is 7.08. The third-order valence-electron chi connectivity index (χ3n) is 4.75. The Morgan fingerprint density at radius 1 is 1.43 bits per heavy atom. The highest BCUT2D eigenvalue weighted by atomic mass is 32.1. The summed E-state index contributed by atoms with van der Waals surface area (Å²) in [4.78, 5) is 19.0. The fourth-order valence-electron chi connectivity index (χ4n) is 3.61. The van der Waals surface area contributed by atoms with Crippen molar-refractivity contribution in [2.75, 3.05) is 4.90 Å². The number of aryl methyl sites for hydroxylation is 2. The SMILES string of the molecule is CC#C[C@@H]1C(CC)NC(=O)N1c1nc2c3c(ccc2s1)CCC3. The van der Waals surface area contributed by atoms with Crippen molar-refractivity contribution in [3.63, 3.8) is 0 Å². The van der Waals surface area contributed by atoms with Gasteiger partial charge in [0.1, 0.15) is 6.04 Å². The van der Waals surface area contributed by atoms with Crippen molar-refractivity contribution in [3.05, 3.63) is 23.3 Å². The van der Waals surface area contributed by atoms with E-state index in [1.807, 2.05) is 6.92 Å². The maximum atomic E-state index is 12.5. The Labute approximate surface area is 139 Å². The first kappa shape index (κ1) is 14.5. The highest BCUT2D eigenvalue weighted by Crippen LogP contribution is 2.37. The number of aromatic nitrogens is 1. The number of amides is 2. The van der Waals surface area contributed by atoms with Gasteiger partial charge in [-0.05, 0) is 49.8 Å². The topological polar surface area (TPSA) is 45.2 Å². The van der Waals surface area contributed by atoms with Crippen LogP contribution in [-0.2, 0) is 12.8 Å². The van der Waals surface area contributed by atoms with Gasteiger partial charge < -0.3 is 5.32 Å². The number of urea groups is 1. The number of hydrogen-bond acceptors (Lipinski definition) is 3. The molecule has 1 aromatic heterocycles. The third kappa shape index (κ3) is 2.21. The average molecular weight is 325 g/mol. The fraction of sp³-hybridized carbons (Fsp3) is 0.444. The predicted octanol–water partition coefficient (Wildman–Crippen LogP) is 3.49. The van der Waals surface area contributed by atoms with E-state index in [2.05, 4.69) is 36.2 Å². The van der Waals surface area contributed by atoms with E-state index in [1.54, 1.807) is 16.2 Å². The van der Waals surface area contributed by atoms with E-state index in [0.29, 0.717) is 0 Å². The molecule has 0 radical (unpaired) electrons. The van der Waals surface area contributed by atoms with Crippen molar-refractivity contribution < 1.29 is 4.79 Å². The summed E-state index contributed by atoms with van der Waals surface area (Å²) in [7, 11) is 0. The van der Waals surface area contributed by atoms with Gasteiger partial charge in [0.05, 0.1) is 16.3 Å². The Balaban J connectivity index is 1.81. The van der Waals surface area contributed by atoms with Crippen LogP contribution in [0.1, 0.15) is 37.8 Å². The zero-order chi connectivity index (χ0) is 16.0. The molecule has 0 saturated carbocycles. The summed E-state index contributed by atoms with van der Waals surface area (Å²) in [6, 6.07) is 4.21. The monoisotopic (exact) mass is 325 g/mol. The lowest BCUT2D eigenvalue weighted by Crippen LogP contribution is -2.35. The molecule has 118 valence electrons. The molecule has 2 heterocycles. The van der Waals surface area contributed by atoms with E-state index >= 15 is 0 Å². The molecule has 0 spiro atoms.